The molecule has 0 aliphatic carbocycles. The van der Waals surface area contributed by atoms with Crippen LogP contribution in [0.3, 0.4) is 0 Å². The molecule has 6 aromatic rings. The van der Waals surface area contributed by atoms with E-state index >= 15 is 0 Å². The molecule has 3 nitrogen and oxygen atoms in total. The van der Waals surface area contributed by atoms with Crippen LogP contribution in [0.2, 0.25) is 5.28 Å². The third-order valence-corrected chi connectivity index (χ3v) is 5.72. The summed E-state index contributed by atoms with van der Waals surface area (Å²) >= 11 is 6.33. The van der Waals surface area contributed by atoms with Crippen LogP contribution < -0.4 is 0 Å². The summed E-state index contributed by atoms with van der Waals surface area (Å²) in [5, 5.41) is 3.58. The lowest BCUT2D eigenvalue weighted by atomic mass is 10.0. The highest BCUT2D eigenvalue weighted by Crippen LogP contribution is 2.36. The zero-order chi connectivity index (χ0) is 20.1. The average Bonchev–Trinajstić information content (AvgIpc) is 3.12. The molecule has 0 saturated carbocycles. The van der Waals surface area contributed by atoms with Crippen molar-refractivity contribution in [2.75, 3.05) is 0 Å². The van der Waals surface area contributed by atoms with Gasteiger partial charge < -0.3 is 0 Å². The van der Waals surface area contributed by atoms with Crippen molar-refractivity contribution in [1.29, 1.82) is 0 Å². The van der Waals surface area contributed by atoms with E-state index in [1.165, 1.54) is 16.3 Å². The van der Waals surface area contributed by atoms with E-state index in [9.17, 15) is 0 Å². The largest absolute Gasteiger partial charge is 0.293 e. The lowest BCUT2D eigenvalue weighted by molar-refractivity contribution is 1.07. The summed E-state index contributed by atoms with van der Waals surface area (Å²) in [5.41, 5.74) is 5.37. The molecule has 2 heterocycles. The van der Waals surface area contributed by atoms with Crippen molar-refractivity contribution in [3.63, 3.8) is 0 Å². The third-order valence-electron chi connectivity index (χ3n) is 5.55. The first-order valence-corrected chi connectivity index (χ1v) is 10.2. The van der Waals surface area contributed by atoms with Crippen molar-refractivity contribution in [2.45, 2.75) is 0 Å². The van der Waals surface area contributed by atoms with Crippen molar-refractivity contribution in [1.82, 2.24) is 14.5 Å². The van der Waals surface area contributed by atoms with E-state index in [1.807, 2.05) is 30.3 Å². The number of nitrogens with zero attached hydrogens (tertiary/aromatic N) is 3. The Morgan fingerprint density at radius 1 is 0.567 bits per heavy atom. The summed E-state index contributed by atoms with van der Waals surface area (Å²) in [7, 11) is 0. The SMILES string of the molecule is Clc1nc(-n2c3ccccc3c3ccc(-c4ccccc4)cc32)c2ccccc2n1. The van der Waals surface area contributed by atoms with E-state index < -0.39 is 0 Å². The van der Waals surface area contributed by atoms with Gasteiger partial charge in [-0.1, -0.05) is 72.8 Å². The van der Waals surface area contributed by atoms with Gasteiger partial charge in [-0.25, -0.2) is 4.98 Å². The zero-order valence-electron chi connectivity index (χ0n) is 16.0. The van der Waals surface area contributed by atoms with E-state index in [2.05, 4.69) is 81.3 Å². The standard InChI is InChI=1S/C26H16ClN3/c27-26-28-22-12-6-4-11-21(22)25(29-26)30-23-13-7-5-10-19(23)20-15-14-18(16-24(20)30)17-8-2-1-3-9-17/h1-16H. The highest BCUT2D eigenvalue weighted by Gasteiger charge is 2.17. The maximum atomic E-state index is 6.33. The van der Waals surface area contributed by atoms with Crippen molar-refractivity contribution in [3.05, 3.63) is 102 Å². The predicted molar refractivity (Wildman–Crippen MR) is 124 cm³/mol. The number of para-hydroxylation sites is 2. The van der Waals surface area contributed by atoms with Gasteiger partial charge >= 0.3 is 0 Å². The van der Waals surface area contributed by atoms with E-state index in [1.54, 1.807) is 0 Å². The van der Waals surface area contributed by atoms with Gasteiger partial charge in [0, 0.05) is 16.2 Å². The Hall–Kier alpha value is -3.69. The summed E-state index contributed by atoms with van der Waals surface area (Å²) in [5.74, 6) is 0.794. The molecule has 4 aromatic carbocycles. The molecule has 30 heavy (non-hydrogen) atoms. The van der Waals surface area contributed by atoms with Crippen molar-refractivity contribution >= 4 is 44.3 Å². The van der Waals surface area contributed by atoms with Crippen molar-refractivity contribution in [2.24, 2.45) is 0 Å². The smallest absolute Gasteiger partial charge is 0.224 e. The van der Waals surface area contributed by atoms with Crippen LogP contribution in [-0.4, -0.2) is 14.5 Å². The van der Waals surface area contributed by atoms with Gasteiger partial charge in [0.05, 0.1) is 16.6 Å². The van der Waals surface area contributed by atoms with Crippen molar-refractivity contribution < 1.29 is 0 Å². The molecule has 0 aliphatic heterocycles. The quantitative estimate of drug-likeness (QED) is 0.289. The fourth-order valence-electron chi connectivity index (χ4n) is 4.21. The fraction of sp³-hybridized carbons (Fsp3) is 0. The van der Waals surface area contributed by atoms with Crippen LogP contribution in [0.5, 0.6) is 0 Å². The Labute approximate surface area is 178 Å². The Balaban J connectivity index is 1.77. The number of aromatic nitrogens is 3. The fourth-order valence-corrected chi connectivity index (χ4v) is 4.38. The van der Waals surface area contributed by atoms with Crippen LogP contribution in [-0.2, 0) is 0 Å². The minimum absolute atomic E-state index is 0.244. The Morgan fingerprint density at radius 3 is 2.13 bits per heavy atom. The van der Waals surface area contributed by atoms with E-state index in [0.717, 1.165) is 33.3 Å². The van der Waals surface area contributed by atoms with Crippen LogP contribution in [0.15, 0.2) is 97.1 Å². The van der Waals surface area contributed by atoms with Gasteiger partial charge in [-0.2, -0.15) is 4.98 Å². The van der Waals surface area contributed by atoms with Gasteiger partial charge in [-0.3, -0.25) is 4.57 Å². The summed E-state index contributed by atoms with van der Waals surface area (Å²) in [4.78, 5) is 9.08. The Morgan fingerprint density at radius 2 is 1.27 bits per heavy atom. The highest BCUT2D eigenvalue weighted by molar-refractivity contribution is 6.28. The molecule has 6 rings (SSSR count). The molecule has 2 aromatic heterocycles. The summed E-state index contributed by atoms with van der Waals surface area (Å²) in [6, 6.07) is 33.4. The molecule has 0 bridgehead atoms. The topological polar surface area (TPSA) is 30.7 Å². The summed E-state index contributed by atoms with van der Waals surface area (Å²) < 4.78 is 2.20. The number of hydrogen-bond donors (Lipinski definition) is 0. The van der Waals surface area contributed by atoms with Gasteiger partial charge in [0.15, 0.2) is 5.82 Å². The van der Waals surface area contributed by atoms with Gasteiger partial charge in [0.2, 0.25) is 5.28 Å². The Kier molecular flexibility index (Phi) is 3.83. The molecule has 142 valence electrons. The van der Waals surface area contributed by atoms with Crippen LogP contribution in [0.4, 0.5) is 0 Å². The molecular weight excluding hydrogens is 390 g/mol. The van der Waals surface area contributed by atoms with Crippen LogP contribution >= 0.6 is 11.6 Å². The average molecular weight is 406 g/mol. The number of halogens is 1. The number of hydrogen-bond acceptors (Lipinski definition) is 2. The molecular formula is C26H16ClN3. The lowest BCUT2D eigenvalue weighted by Gasteiger charge is -2.11. The molecule has 0 N–H and O–H groups in total. The molecule has 0 atom stereocenters. The van der Waals surface area contributed by atoms with Crippen LogP contribution in [0.25, 0.3) is 49.7 Å². The number of fused-ring (bicyclic) bond motifs is 4. The summed E-state index contributed by atoms with van der Waals surface area (Å²) in [6.45, 7) is 0. The maximum absolute atomic E-state index is 6.33. The maximum Gasteiger partial charge on any atom is 0.224 e. The number of benzene rings is 4. The monoisotopic (exact) mass is 405 g/mol. The summed E-state index contributed by atoms with van der Waals surface area (Å²) in [6.07, 6.45) is 0. The second kappa shape index (κ2) is 6.68. The molecule has 0 unspecified atom stereocenters. The normalized spacial score (nSPS) is 11.5. The first kappa shape index (κ1) is 17.2. The van der Waals surface area contributed by atoms with Crippen molar-refractivity contribution in [3.8, 4) is 16.9 Å². The first-order valence-electron chi connectivity index (χ1n) is 9.81. The third kappa shape index (κ3) is 2.60. The minimum atomic E-state index is 0.244. The van der Waals surface area contributed by atoms with E-state index in [4.69, 9.17) is 11.6 Å². The zero-order valence-corrected chi connectivity index (χ0v) is 16.7. The second-order valence-electron chi connectivity index (χ2n) is 7.28. The highest BCUT2D eigenvalue weighted by atomic mass is 35.5. The first-order chi connectivity index (χ1) is 14.8. The molecule has 0 fully saturated rings. The molecule has 0 aliphatic rings. The van der Waals surface area contributed by atoms with Crippen LogP contribution in [0, 0.1) is 0 Å². The van der Waals surface area contributed by atoms with Gasteiger partial charge in [0.1, 0.15) is 0 Å². The molecule has 0 radical (unpaired) electrons. The van der Waals surface area contributed by atoms with E-state index in [-0.39, 0.29) is 5.28 Å². The van der Waals surface area contributed by atoms with Crippen LogP contribution in [0.1, 0.15) is 0 Å². The molecule has 0 saturated heterocycles. The molecule has 4 heteroatoms. The Bertz CT molecular complexity index is 1550. The number of rotatable bonds is 2. The second-order valence-corrected chi connectivity index (χ2v) is 7.62. The molecule has 0 spiro atoms. The minimum Gasteiger partial charge on any atom is -0.293 e. The lowest BCUT2D eigenvalue weighted by Crippen LogP contribution is -2.00. The van der Waals surface area contributed by atoms with Gasteiger partial charge in [-0.05, 0) is 47.0 Å². The predicted octanol–water partition coefficient (Wildman–Crippen LogP) is 7.05. The van der Waals surface area contributed by atoms with Gasteiger partial charge in [0.25, 0.3) is 0 Å². The van der Waals surface area contributed by atoms with Gasteiger partial charge in [-0.15, -0.1) is 0 Å². The molecule has 0 amide bonds. The van der Waals surface area contributed by atoms with E-state index in [0.29, 0.717) is 0 Å².